The number of hydrogen-bond donors (Lipinski definition) is 2. The van der Waals surface area contributed by atoms with Gasteiger partial charge in [-0.1, -0.05) is 56.1 Å². The number of carbonyl (C=O) groups is 2. The molecule has 0 radical (unpaired) electrons. The van der Waals surface area contributed by atoms with Crippen molar-refractivity contribution in [2.24, 2.45) is 5.92 Å². The summed E-state index contributed by atoms with van der Waals surface area (Å²) in [5.74, 6) is -0.276. The average molecular weight is 624 g/mol. The number of hydrogen-bond acceptors (Lipinski definition) is 5. The Kier molecular flexibility index (Phi) is 10.2. The molecule has 43 heavy (non-hydrogen) atoms. The molecule has 2 N–H and O–H groups in total. The highest BCUT2D eigenvalue weighted by atomic mass is 35.5. The van der Waals surface area contributed by atoms with E-state index in [0.717, 1.165) is 53.3 Å². The first-order valence-corrected chi connectivity index (χ1v) is 16.1. The number of sulfonamides is 1. The maximum Gasteiger partial charge on any atom is 0.265 e. The van der Waals surface area contributed by atoms with Gasteiger partial charge in [0.25, 0.3) is 15.9 Å². The number of methoxy groups -OCH3 is 1. The van der Waals surface area contributed by atoms with Gasteiger partial charge in [0.1, 0.15) is 10.6 Å². The van der Waals surface area contributed by atoms with Gasteiger partial charge < -0.3 is 14.6 Å². The average Bonchev–Trinajstić information content (AvgIpc) is 3.40. The molecule has 0 spiro atoms. The van der Waals surface area contributed by atoms with E-state index in [0.29, 0.717) is 5.75 Å². The Morgan fingerprint density at radius 1 is 1.02 bits per heavy atom. The van der Waals surface area contributed by atoms with Crippen molar-refractivity contribution in [2.45, 2.75) is 50.3 Å². The number of carbonyl (C=O) groups excluding carboxylic acids is 2. The number of halogens is 1. The summed E-state index contributed by atoms with van der Waals surface area (Å²) in [4.78, 5) is 30.2. The molecule has 0 bridgehead atoms. The lowest BCUT2D eigenvalue weighted by molar-refractivity contribution is -0.132. The first-order valence-electron chi connectivity index (χ1n) is 14.3. The minimum absolute atomic E-state index is 0.0246. The van der Waals surface area contributed by atoms with Crippen LogP contribution >= 0.6 is 11.6 Å². The van der Waals surface area contributed by atoms with Crippen LogP contribution in [0, 0.1) is 5.92 Å². The van der Waals surface area contributed by atoms with Crippen LogP contribution in [0.4, 0.5) is 0 Å². The molecule has 0 fully saturated rings. The van der Waals surface area contributed by atoms with Gasteiger partial charge in [-0.3, -0.25) is 9.59 Å². The lowest BCUT2D eigenvalue weighted by Crippen LogP contribution is -2.30. The highest BCUT2D eigenvalue weighted by molar-refractivity contribution is 7.90. The lowest BCUT2D eigenvalue weighted by Gasteiger charge is -2.20. The highest BCUT2D eigenvalue weighted by Crippen LogP contribution is 2.39. The summed E-state index contributed by atoms with van der Waals surface area (Å²) in [7, 11) is 0.918. The Morgan fingerprint density at radius 2 is 1.77 bits per heavy atom. The molecule has 228 valence electrons. The number of benzene rings is 3. The van der Waals surface area contributed by atoms with Crippen molar-refractivity contribution in [3.05, 3.63) is 94.1 Å². The molecule has 2 amide bonds. The molecule has 2 atom stereocenters. The topological polar surface area (TPSA) is 109 Å². The van der Waals surface area contributed by atoms with Gasteiger partial charge in [-0.2, -0.15) is 0 Å². The molecule has 1 aromatic heterocycles. The summed E-state index contributed by atoms with van der Waals surface area (Å²) >= 11 is 6.06. The summed E-state index contributed by atoms with van der Waals surface area (Å²) in [6.07, 6.45) is 5.29. The Hall–Kier alpha value is -3.82. The number of rotatable bonds is 12. The monoisotopic (exact) mass is 623 g/mol. The Labute approximate surface area is 258 Å². The number of aromatic nitrogens is 1. The molecular weight excluding hydrogens is 586 g/mol. The summed E-state index contributed by atoms with van der Waals surface area (Å²) < 4.78 is 33.5. The number of ether oxygens (including phenoxy) is 1. The van der Waals surface area contributed by atoms with Crippen LogP contribution in [0.3, 0.4) is 0 Å². The van der Waals surface area contributed by atoms with E-state index in [1.165, 1.54) is 25.3 Å². The first kappa shape index (κ1) is 32.1. The highest BCUT2D eigenvalue weighted by Gasteiger charge is 2.25. The van der Waals surface area contributed by atoms with E-state index in [9.17, 15) is 18.0 Å². The number of amides is 2. The second-order valence-corrected chi connectivity index (χ2v) is 13.0. The van der Waals surface area contributed by atoms with E-state index in [1.54, 1.807) is 37.2 Å². The summed E-state index contributed by atoms with van der Waals surface area (Å²) in [6.45, 7) is 4.08. The fourth-order valence-electron chi connectivity index (χ4n) is 5.39. The van der Waals surface area contributed by atoms with E-state index in [-0.39, 0.29) is 33.2 Å². The van der Waals surface area contributed by atoms with Gasteiger partial charge in [0.15, 0.2) is 0 Å². The maximum absolute atomic E-state index is 13.0. The normalized spacial score (nSPS) is 13.0. The van der Waals surface area contributed by atoms with Crippen molar-refractivity contribution in [3.8, 4) is 5.75 Å². The second kappa shape index (κ2) is 13.7. The summed E-state index contributed by atoms with van der Waals surface area (Å²) in [5.41, 5.74) is 4.31. The maximum atomic E-state index is 13.0. The number of H-pyrrole nitrogens is 1. The van der Waals surface area contributed by atoms with Crippen molar-refractivity contribution >= 4 is 44.3 Å². The largest absolute Gasteiger partial charge is 0.496 e. The molecule has 0 saturated carbocycles. The molecule has 0 aliphatic carbocycles. The van der Waals surface area contributed by atoms with E-state index < -0.39 is 15.9 Å². The number of aromatic amines is 1. The molecule has 4 aromatic rings. The van der Waals surface area contributed by atoms with Crippen molar-refractivity contribution in [2.75, 3.05) is 21.2 Å². The van der Waals surface area contributed by atoms with Crippen LogP contribution in [0.2, 0.25) is 5.02 Å². The van der Waals surface area contributed by atoms with E-state index in [2.05, 4.69) is 34.8 Å². The van der Waals surface area contributed by atoms with Gasteiger partial charge in [0.2, 0.25) is 5.91 Å². The molecule has 0 aliphatic rings. The van der Waals surface area contributed by atoms with Crippen LogP contribution in [0.1, 0.15) is 66.1 Å². The van der Waals surface area contributed by atoms with Crippen LogP contribution in [0.15, 0.2) is 71.8 Å². The molecule has 8 nitrogen and oxygen atoms in total. The minimum atomic E-state index is -4.17. The van der Waals surface area contributed by atoms with E-state index >= 15 is 0 Å². The third-order valence-electron chi connectivity index (χ3n) is 7.68. The molecule has 2 unspecified atom stereocenters. The van der Waals surface area contributed by atoms with Crippen LogP contribution < -0.4 is 9.46 Å². The zero-order chi connectivity index (χ0) is 31.3. The van der Waals surface area contributed by atoms with Gasteiger partial charge in [0, 0.05) is 54.2 Å². The quantitative estimate of drug-likeness (QED) is 0.186. The molecule has 10 heteroatoms. The molecule has 1 heterocycles. The predicted octanol–water partition coefficient (Wildman–Crippen LogP) is 6.54. The van der Waals surface area contributed by atoms with Crippen LogP contribution in [-0.2, 0) is 21.2 Å². The molecule has 0 aliphatic heterocycles. The minimum Gasteiger partial charge on any atom is -0.496 e. The molecule has 3 aromatic carbocycles. The molecule has 0 saturated heterocycles. The van der Waals surface area contributed by atoms with Crippen LogP contribution in [0.25, 0.3) is 10.9 Å². The van der Waals surface area contributed by atoms with Crippen LogP contribution in [0.5, 0.6) is 5.75 Å². The predicted molar refractivity (Wildman–Crippen MR) is 170 cm³/mol. The smallest absolute Gasteiger partial charge is 0.265 e. The van der Waals surface area contributed by atoms with Gasteiger partial charge in [0.05, 0.1) is 12.1 Å². The zero-order valence-corrected chi connectivity index (χ0v) is 26.7. The molecular formula is C33H38ClN3O5S. The van der Waals surface area contributed by atoms with E-state index in [1.807, 2.05) is 19.2 Å². The van der Waals surface area contributed by atoms with Crippen molar-refractivity contribution in [3.63, 3.8) is 0 Å². The third-order valence-corrected chi connectivity index (χ3v) is 9.51. The third kappa shape index (κ3) is 7.22. The second-order valence-electron chi connectivity index (χ2n) is 11.0. The van der Waals surface area contributed by atoms with Gasteiger partial charge in [-0.05, 0) is 66.8 Å². The Balaban J connectivity index is 1.63. The lowest BCUT2D eigenvalue weighted by atomic mass is 9.86. The standard InChI is InChI=1S/C33H38ClN3O5S/c1-6-9-24(27-20-35-29-17-14-22(18-26(27)29)13-12-21(2)33(39)37(3)4)25-16-15-23(19-30(25)42-5)32(38)36-43(40,41)31-11-8-7-10-28(31)34/h7-8,10-11,14-21,24,35H,6,9,12-13H2,1-5H3,(H,36,38). The van der Waals surface area contributed by atoms with Gasteiger partial charge >= 0.3 is 0 Å². The van der Waals surface area contributed by atoms with Crippen molar-refractivity contribution in [1.29, 1.82) is 0 Å². The number of aryl methyl sites for hydroxylation is 1. The van der Waals surface area contributed by atoms with E-state index in [4.69, 9.17) is 16.3 Å². The fraction of sp³-hybridized carbons (Fsp3) is 0.333. The number of fused-ring (bicyclic) bond motifs is 1. The van der Waals surface area contributed by atoms with Gasteiger partial charge in [-0.15, -0.1) is 0 Å². The molecule has 4 rings (SSSR count). The Morgan fingerprint density at radius 3 is 2.44 bits per heavy atom. The SMILES string of the molecule is CCCC(c1ccc(C(=O)NS(=O)(=O)c2ccccc2Cl)cc1OC)c1c[nH]c2ccc(CCC(C)C(=O)N(C)C)cc12. The van der Waals surface area contributed by atoms with Crippen LogP contribution in [-0.4, -0.2) is 51.3 Å². The first-order chi connectivity index (χ1) is 20.5. The zero-order valence-electron chi connectivity index (χ0n) is 25.1. The fourth-order valence-corrected chi connectivity index (χ4v) is 6.88. The van der Waals surface area contributed by atoms with Crippen molar-refractivity contribution in [1.82, 2.24) is 14.6 Å². The summed E-state index contributed by atoms with van der Waals surface area (Å²) in [5, 5.41) is 1.12. The van der Waals surface area contributed by atoms with Gasteiger partial charge in [-0.25, -0.2) is 13.1 Å². The summed E-state index contributed by atoms with van der Waals surface area (Å²) in [6, 6.07) is 17.3. The Bertz CT molecular complexity index is 1730. The van der Waals surface area contributed by atoms with Crippen molar-refractivity contribution < 1.29 is 22.7 Å². The number of nitrogens with zero attached hydrogens (tertiary/aromatic N) is 1. The number of nitrogens with one attached hydrogen (secondary N) is 2.